The largest absolute Gasteiger partial charge is 1.00 e. The number of aromatic nitrogens is 4. The number of nitrogens with one attached hydrogen (secondary N) is 3. The first-order valence-corrected chi connectivity index (χ1v) is 31.6. The van der Waals surface area contributed by atoms with Gasteiger partial charge in [0.25, 0.3) is 18.3 Å². The smallest absolute Gasteiger partial charge is 1.00 e. The van der Waals surface area contributed by atoms with Gasteiger partial charge in [-0.1, -0.05) is 108 Å². The van der Waals surface area contributed by atoms with Gasteiger partial charge >= 0.3 is 109 Å². The van der Waals surface area contributed by atoms with Crippen LogP contribution in [-0.2, 0) is 66.3 Å². The number of carbonyl (C=O) groups is 8. The quantitative estimate of drug-likeness (QED) is 0.0142. The van der Waals surface area contributed by atoms with Crippen molar-refractivity contribution in [3.05, 3.63) is 164 Å². The molecule has 5 amide bonds. The number of nitrogens with two attached hydrogens (primary N) is 3. The zero-order chi connectivity index (χ0) is 70.6. The molecule has 6 atom stereocenters. The summed E-state index contributed by atoms with van der Waals surface area (Å²) in [6.07, 6.45) is 6.61. The van der Waals surface area contributed by atoms with Crippen molar-refractivity contribution in [2.75, 3.05) is 19.0 Å². The van der Waals surface area contributed by atoms with Gasteiger partial charge < -0.3 is 70.0 Å². The van der Waals surface area contributed by atoms with E-state index in [1.165, 1.54) is 38.5 Å². The van der Waals surface area contributed by atoms with Crippen molar-refractivity contribution in [2.24, 2.45) is 17.2 Å². The Balaban J connectivity index is 0.000000446. The van der Waals surface area contributed by atoms with Crippen LogP contribution in [0.15, 0.2) is 103 Å². The van der Waals surface area contributed by atoms with Crippen molar-refractivity contribution >= 4 is 116 Å². The number of halogens is 7. The molecule has 0 spiro atoms. The third kappa shape index (κ3) is 27.4. The molecule has 0 bridgehead atoms. The molecular formula is C64H74Cl4F3K2N11O14. The Hall–Kier alpha value is -5.02. The number of rotatable bonds is 21. The summed E-state index contributed by atoms with van der Waals surface area (Å²) in [5.74, 6) is -5.30. The van der Waals surface area contributed by atoms with E-state index >= 15 is 0 Å². The molecule has 3 fully saturated rings. The fraction of sp³-hybridized carbons (Fsp3) is 0.375. The van der Waals surface area contributed by atoms with Crippen LogP contribution in [0.2, 0.25) is 15.1 Å². The Morgan fingerprint density at radius 2 is 1.09 bits per heavy atom. The summed E-state index contributed by atoms with van der Waals surface area (Å²) >= 11 is 22.4. The van der Waals surface area contributed by atoms with Gasteiger partial charge in [0, 0.05) is 53.5 Å². The number of carboxylic acids is 1. The molecule has 3 saturated carbocycles. The number of aliphatic hydroxyl groups excluding tert-OH is 3. The zero-order valence-electron chi connectivity index (χ0n) is 54.6. The van der Waals surface area contributed by atoms with E-state index in [1.807, 2.05) is 0 Å². The number of ketones is 1. The van der Waals surface area contributed by atoms with Crippen molar-refractivity contribution in [3.63, 3.8) is 0 Å². The van der Waals surface area contributed by atoms with Crippen molar-refractivity contribution in [2.45, 2.75) is 133 Å². The minimum Gasteiger partial charge on any atom is -1.00 e. The molecule has 13 N–H and O–H groups in total. The fourth-order valence-electron chi connectivity index (χ4n) is 10.4. The third-order valence-electron chi connectivity index (χ3n) is 15.3. The number of alkyl halides is 1. The van der Waals surface area contributed by atoms with Crippen LogP contribution >= 0.6 is 46.4 Å². The Bertz CT molecular complexity index is 3810. The molecule has 2 aromatic heterocycles. The fourth-order valence-corrected chi connectivity index (χ4v) is 11.1. The molecular weight excluding hydrogens is 1420 g/mol. The van der Waals surface area contributed by atoms with Gasteiger partial charge in [-0.3, -0.25) is 47.7 Å². The Labute approximate surface area is 668 Å². The molecule has 7 aromatic rings. The number of fused-ring (bicyclic) bond motifs is 2. The number of aryl methyl sites for hydroxylation is 1. The maximum absolute atomic E-state index is 14.1. The Morgan fingerprint density at radius 3 is 1.51 bits per heavy atom. The maximum atomic E-state index is 14.1. The summed E-state index contributed by atoms with van der Waals surface area (Å²) in [5, 5.41) is 63.6. The average Bonchev–Trinajstić information content (AvgIpc) is 1.65. The van der Waals surface area contributed by atoms with Crippen LogP contribution in [0, 0.1) is 17.5 Å². The van der Waals surface area contributed by atoms with E-state index in [0.717, 1.165) is 38.5 Å². The molecule has 10 rings (SSSR count). The SMILES string of the molecule is NC(=O)c1nn(CC(=O)N(CC(=O)NCc2cccc(Cl)c2F)C2CCC[C@@H]2O)c2ccccc12.NC(=O)c1nn(CC(=O)O)c2ccccc12.N[C@H]1CCC[C@@H]1O.O=C(CCl)CCc1cccc(Cl)c1F.O=C(CN[C@H]1CCC[C@@H]1O)NCc1cccc(Cl)c1F.O=CO[O-].[H-].[K+].[K+]. The minimum atomic E-state index is -1.02. The standard InChI is InChI=1S/C24H25ClFN5O4.C14H18ClFN2O2.C10H9Cl2FO.C10H9N3O3.C5H11NO.CH2O3.2K.H/c25-16-7-3-5-14(22(16)26)11-28-20(33)12-30(18-9-4-10-19(18)32)21(34)13-31-17-8-2-1-6-15(17)23(29-31)24(27)35;15-10-4-1-3-9(14(10)16)7-18-13(20)8-17-11-5-2-6-12(11)19;11-6-8(14)5-4-7-2-1-3-9(12)10(7)13;11-10(16)9-6-3-1-2-4-7(6)13(12-9)5-8(14)15;6-4-2-1-3-5(4)7;2-1-4-3;;;/h1-3,5-8,18-19,32H,4,9-13H2,(H2,27,35)(H,28,33);1,3-4,11-12,17,19H,2,5-8H2,(H,18,20);1-3H,4-6H2;1-4H,5H2,(H2,11,16)(H,14,15);4-5,7H,1-3,6H2;1,3H;;;/q;;;;;;2*+1;-1/p-1/t18?,19-;11-,12-;;;4-,5-;;;;/m00..0..../s1. The number of hydrogen-bond donors (Lipinski definition) is 10. The number of primary amides is 2. The van der Waals surface area contributed by atoms with Crippen LogP contribution in [0.25, 0.3) is 21.8 Å². The molecule has 0 radical (unpaired) electrons. The second kappa shape index (κ2) is 45.1. The second-order valence-corrected chi connectivity index (χ2v) is 23.4. The van der Waals surface area contributed by atoms with Crippen molar-refractivity contribution < 1.29 is 186 Å². The van der Waals surface area contributed by atoms with Gasteiger partial charge in [-0.05, 0) is 100 Å². The maximum Gasteiger partial charge on any atom is 1.00 e. The first kappa shape index (κ1) is 87.2. The molecule has 34 heteroatoms. The van der Waals surface area contributed by atoms with E-state index in [9.17, 15) is 56.9 Å². The number of aliphatic carboxylic acids is 1. The number of benzene rings is 5. The number of para-hydroxylation sites is 2. The van der Waals surface area contributed by atoms with E-state index in [0.29, 0.717) is 58.6 Å². The molecule has 25 nitrogen and oxygen atoms in total. The first-order valence-electron chi connectivity index (χ1n) is 30.0. The van der Waals surface area contributed by atoms with E-state index in [-0.39, 0.29) is 230 Å². The summed E-state index contributed by atoms with van der Waals surface area (Å²) in [7, 11) is 0. The number of carboxylic acid groups (broad SMARTS) is 1. The van der Waals surface area contributed by atoms with E-state index in [1.54, 1.807) is 78.9 Å². The van der Waals surface area contributed by atoms with Crippen LogP contribution in [0.3, 0.4) is 0 Å². The van der Waals surface area contributed by atoms with Gasteiger partial charge in [0.1, 0.15) is 36.3 Å². The van der Waals surface area contributed by atoms with Crippen LogP contribution in [0.1, 0.15) is 103 Å². The Morgan fingerprint density at radius 1 is 0.643 bits per heavy atom. The molecule has 98 heavy (non-hydrogen) atoms. The molecule has 520 valence electrons. The second-order valence-electron chi connectivity index (χ2n) is 22.0. The monoisotopic (exact) mass is 1500 g/mol. The molecule has 5 aromatic carbocycles. The van der Waals surface area contributed by atoms with E-state index < -0.39 is 59.2 Å². The number of nitrogens with zero attached hydrogens (tertiary/aromatic N) is 5. The molecule has 0 aliphatic heterocycles. The van der Waals surface area contributed by atoms with Gasteiger partial charge in [0.05, 0.1) is 69.4 Å². The van der Waals surface area contributed by atoms with Crippen LogP contribution in [0.4, 0.5) is 13.2 Å². The molecule has 3 aliphatic carbocycles. The third-order valence-corrected chi connectivity index (χ3v) is 16.4. The topological polar surface area (TPSA) is 403 Å². The molecule has 2 heterocycles. The summed E-state index contributed by atoms with van der Waals surface area (Å²) in [6, 6.07) is 27.1. The summed E-state index contributed by atoms with van der Waals surface area (Å²) < 4.78 is 43.6. The van der Waals surface area contributed by atoms with Gasteiger partial charge in [0.15, 0.2) is 11.4 Å². The van der Waals surface area contributed by atoms with Gasteiger partial charge in [-0.15, -0.1) is 11.6 Å². The van der Waals surface area contributed by atoms with Crippen molar-refractivity contribution in [3.8, 4) is 0 Å². The van der Waals surface area contributed by atoms with E-state index in [2.05, 4.69) is 31.0 Å². The normalized spacial score (nSPS) is 17.1. The predicted octanol–water partition coefficient (Wildman–Crippen LogP) is -0.562. The minimum absolute atomic E-state index is 0. The number of amides is 5. The zero-order valence-corrected chi connectivity index (χ0v) is 62.8. The number of Topliss-reactive ketones (excluding diaryl/α,β-unsaturated/α-hetero) is 1. The van der Waals surface area contributed by atoms with Crippen molar-refractivity contribution in [1.29, 1.82) is 0 Å². The summed E-state index contributed by atoms with van der Waals surface area (Å²) in [5.41, 5.74) is 18.3. The summed E-state index contributed by atoms with van der Waals surface area (Å²) in [6.45, 7) is -0.956. The van der Waals surface area contributed by atoms with Crippen LogP contribution in [-0.4, -0.2) is 148 Å². The molecule has 0 saturated heterocycles. The molecule has 3 aliphatic rings. The number of aliphatic hydroxyl groups is 3. The van der Waals surface area contributed by atoms with E-state index in [4.69, 9.17) is 83.9 Å². The molecule has 1 unspecified atom stereocenters. The van der Waals surface area contributed by atoms with Crippen LogP contribution in [0.5, 0.6) is 0 Å². The van der Waals surface area contributed by atoms with Gasteiger partial charge in [0.2, 0.25) is 17.7 Å². The number of carbonyl (C=O) groups excluding carboxylic acids is 7. The summed E-state index contributed by atoms with van der Waals surface area (Å²) in [4.78, 5) is 94.7. The van der Waals surface area contributed by atoms with Crippen molar-refractivity contribution in [1.82, 2.24) is 40.4 Å². The predicted molar refractivity (Wildman–Crippen MR) is 349 cm³/mol. The number of hydrogen-bond acceptors (Lipinski definition) is 17. The van der Waals surface area contributed by atoms with Gasteiger partial charge in [-0.25, -0.2) is 13.2 Å². The van der Waals surface area contributed by atoms with Crippen LogP contribution < -0.4 is 141 Å². The van der Waals surface area contributed by atoms with Gasteiger partial charge in [-0.2, -0.15) is 10.2 Å². The average molecular weight is 1500 g/mol. The Kier molecular flexibility index (Phi) is 40.1. The first-order chi connectivity index (χ1) is 45.8.